The number of halogens is 1. The van der Waals surface area contributed by atoms with Gasteiger partial charge in [0.15, 0.2) is 0 Å². The van der Waals surface area contributed by atoms with Gasteiger partial charge in [0.1, 0.15) is 5.82 Å². The molecule has 4 rings (SSSR count). The minimum Gasteiger partial charge on any atom is -0.344 e. The minimum absolute atomic E-state index is 0.138. The van der Waals surface area contributed by atoms with Gasteiger partial charge in [-0.05, 0) is 49.2 Å². The normalized spacial score (nSPS) is 11.7. The third-order valence-corrected chi connectivity index (χ3v) is 5.45. The Morgan fingerprint density at radius 1 is 0.971 bits per heavy atom. The fourth-order valence-corrected chi connectivity index (χ4v) is 3.51. The van der Waals surface area contributed by atoms with Crippen molar-refractivity contribution in [1.82, 2.24) is 19.7 Å². The van der Waals surface area contributed by atoms with E-state index in [0.29, 0.717) is 11.3 Å². The number of aryl methyl sites for hydroxylation is 1. The summed E-state index contributed by atoms with van der Waals surface area (Å²) in [6.07, 6.45) is 0. The number of aromatic nitrogens is 3. The molecule has 0 aliphatic carbocycles. The smallest absolute Gasteiger partial charge is 0.344 e. The van der Waals surface area contributed by atoms with E-state index in [2.05, 4.69) is 10.4 Å². The number of nitrogens with one attached hydrogen (secondary N) is 1. The van der Waals surface area contributed by atoms with Gasteiger partial charge < -0.3 is 5.32 Å². The first-order valence-electron chi connectivity index (χ1n) is 10.7. The maximum absolute atomic E-state index is 13.3. The zero-order valence-electron chi connectivity index (χ0n) is 18.7. The first kappa shape index (κ1) is 22.8. The van der Waals surface area contributed by atoms with Crippen LogP contribution in [0.25, 0.3) is 5.69 Å². The molecule has 0 fully saturated rings. The number of carbonyl (C=O) groups excluding carboxylic acids is 1. The SMILES string of the molecule is Cc1ccc(-n2nc(C(=O)N[C@H](C)c3ccccc3)c(=O)n(Cc3ccc(F)cc3)c2=O)cc1. The number of rotatable bonds is 6. The standard InChI is InChI=1S/C26H23FN4O3/c1-17-8-14-22(15-9-17)31-26(34)30(16-19-10-12-21(27)13-11-19)25(33)23(29-31)24(32)28-18(2)20-6-4-3-5-7-20/h3-15,18H,16H2,1-2H3,(H,28,32)/t18-/m1/s1. The van der Waals surface area contributed by atoms with Gasteiger partial charge in [0.05, 0.1) is 18.3 Å². The topological polar surface area (TPSA) is 86.0 Å². The molecule has 172 valence electrons. The molecule has 1 N–H and O–H groups in total. The molecule has 0 saturated heterocycles. The highest BCUT2D eigenvalue weighted by Gasteiger charge is 2.22. The van der Waals surface area contributed by atoms with Crippen molar-refractivity contribution in [2.75, 3.05) is 0 Å². The predicted molar refractivity (Wildman–Crippen MR) is 127 cm³/mol. The van der Waals surface area contributed by atoms with Gasteiger partial charge in [-0.3, -0.25) is 14.2 Å². The van der Waals surface area contributed by atoms with Crippen LogP contribution >= 0.6 is 0 Å². The van der Waals surface area contributed by atoms with E-state index >= 15 is 0 Å². The van der Waals surface area contributed by atoms with Crippen molar-refractivity contribution in [2.24, 2.45) is 0 Å². The Morgan fingerprint density at radius 2 is 1.62 bits per heavy atom. The lowest BCUT2D eigenvalue weighted by atomic mass is 10.1. The summed E-state index contributed by atoms with van der Waals surface area (Å²) in [5.74, 6) is -1.13. The number of hydrogen-bond donors (Lipinski definition) is 1. The van der Waals surface area contributed by atoms with Crippen molar-refractivity contribution in [1.29, 1.82) is 0 Å². The first-order valence-corrected chi connectivity index (χ1v) is 10.7. The van der Waals surface area contributed by atoms with E-state index < -0.39 is 28.7 Å². The summed E-state index contributed by atoms with van der Waals surface area (Å²) >= 11 is 0. The van der Waals surface area contributed by atoms with E-state index in [-0.39, 0.29) is 12.6 Å². The third-order valence-electron chi connectivity index (χ3n) is 5.45. The molecule has 1 amide bonds. The van der Waals surface area contributed by atoms with Crippen LogP contribution in [0, 0.1) is 12.7 Å². The first-order chi connectivity index (χ1) is 16.3. The summed E-state index contributed by atoms with van der Waals surface area (Å²) in [6.45, 7) is 3.56. The molecular weight excluding hydrogens is 435 g/mol. The largest absolute Gasteiger partial charge is 0.352 e. The Hall–Kier alpha value is -4.33. The van der Waals surface area contributed by atoms with Crippen molar-refractivity contribution in [2.45, 2.75) is 26.4 Å². The highest BCUT2D eigenvalue weighted by atomic mass is 19.1. The molecule has 0 bridgehead atoms. The molecule has 1 atom stereocenters. The van der Waals surface area contributed by atoms with Gasteiger partial charge in [-0.2, -0.15) is 9.78 Å². The van der Waals surface area contributed by atoms with E-state index in [4.69, 9.17) is 0 Å². The summed E-state index contributed by atoms with van der Waals surface area (Å²) in [6, 6.07) is 21.3. The van der Waals surface area contributed by atoms with E-state index in [1.54, 1.807) is 31.2 Å². The molecule has 0 aliphatic heterocycles. The summed E-state index contributed by atoms with van der Waals surface area (Å²) in [4.78, 5) is 39.5. The lowest BCUT2D eigenvalue weighted by Gasteiger charge is -2.16. The number of benzene rings is 3. The quantitative estimate of drug-likeness (QED) is 0.480. The van der Waals surface area contributed by atoms with E-state index in [1.807, 2.05) is 37.3 Å². The molecule has 0 spiro atoms. The molecule has 8 heteroatoms. The fourth-order valence-electron chi connectivity index (χ4n) is 3.51. The van der Waals surface area contributed by atoms with Crippen LogP contribution in [0.4, 0.5) is 4.39 Å². The maximum Gasteiger partial charge on any atom is 0.352 e. The number of hydrogen-bond acceptors (Lipinski definition) is 4. The monoisotopic (exact) mass is 458 g/mol. The molecular formula is C26H23FN4O3. The van der Waals surface area contributed by atoms with Crippen LogP contribution in [-0.4, -0.2) is 20.3 Å². The van der Waals surface area contributed by atoms with Gasteiger partial charge in [-0.15, -0.1) is 0 Å². The van der Waals surface area contributed by atoms with Gasteiger partial charge in [-0.1, -0.05) is 60.2 Å². The second-order valence-corrected chi connectivity index (χ2v) is 8.00. The van der Waals surface area contributed by atoms with Crippen LogP contribution in [0.3, 0.4) is 0 Å². The molecule has 1 heterocycles. The third kappa shape index (κ3) is 4.85. The van der Waals surface area contributed by atoms with Gasteiger partial charge >= 0.3 is 5.69 Å². The van der Waals surface area contributed by atoms with Crippen molar-refractivity contribution in [3.63, 3.8) is 0 Å². The van der Waals surface area contributed by atoms with Crippen LogP contribution in [0.15, 0.2) is 88.5 Å². The lowest BCUT2D eigenvalue weighted by Crippen LogP contribution is -2.46. The van der Waals surface area contributed by atoms with Crippen LogP contribution in [0.5, 0.6) is 0 Å². The number of nitrogens with zero attached hydrogens (tertiary/aromatic N) is 3. The highest BCUT2D eigenvalue weighted by molar-refractivity contribution is 5.92. The second kappa shape index (κ2) is 9.66. The minimum atomic E-state index is -0.824. The summed E-state index contributed by atoms with van der Waals surface area (Å²) in [7, 11) is 0. The van der Waals surface area contributed by atoms with Crippen LogP contribution in [0.1, 0.15) is 40.1 Å². The highest BCUT2D eigenvalue weighted by Crippen LogP contribution is 2.12. The lowest BCUT2D eigenvalue weighted by molar-refractivity contribution is 0.0930. The van der Waals surface area contributed by atoms with Crippen molar-refractivity contribution < 1.29 is 9.18 Å². The molecule has 0 saturated carbocycles. The summed E-state index contributed by atoms with van der Waals surface area (Å²) in [5, 5.41) is 6.91. The van der Waals surface area contributed by atoms with Crippen molar-refractivity contribution in [3.05, 3.63) is 128 Å². The van der Waals surface area contributed by atoms with Crippen molar-refractivity contribution in [3.8, 4) is 5.69 Å². The molecule has 7 nitrogen and oxygen atoms in total. The summed E-state index contributed by atoms with van der Waals surface area (Å²) in [5.41, 5.74) is 0.840. The number of carbonyl (C=O) groups is 1. The fraction of sp³-hybridized carbons (Fsp3) is 0.154. The molecule has 34 heavy (non-hydrogen) atoms. The van der Waals surface area contributed by atoms with Crippen molar-refractivity contribution >= 4 is 5.91 Å². The summed E-state index contributed by atoms with van der Waals surface area (Å²) < 4.78 is 15.3. The number of amides is 1. The average molecular weight is 458 g/mol. The Kier molecular flexibility index (Phi) is 6.49. The zero-order chi connectivity index (χ0) is 24.2. The Bertz CT molecular complexity index is 1430. The molecule has 4 aromatic rings. The Balaban J connectivity index is 1.80. The van der Waals surface area contributed by atoms with Crippen LogP contribution < -0.4 is 16.6 Å². The van der Waals surface area contributed by atoms with E-state index in [0.717, 1.165) is 20.4 Å². The Labute approximate surface area is 195 Å². The molecule has 3 aromatic carbocycles. The predicted octanol–water partition coefficient (Wildman–Crippen LogP) is 3.38. The maximum atomic E-state index is 13.3. The molecule has 0 radical (unpaired) electrons. The van der Waals surface area contributed by atoms with Gasteiger partial charge in [0, 0.05) is 0 Å². The van der Waals surface area contributed by atoms with Crippen LogP contribution in [-0.2, 0) is 6.54 Å². The Morgan fingerprint density at radius 3 is 2.26 bits per heavy atom. The second-order valence-electron chi connectivity index (χ2n) is 8.00. The van der Waals surface area contributed by atoms with Gasteiger partial charge in [-0.25, -0.2) is 9.18 Å². The van der Waals surface area contributed by atoms with Gasteiger partial charge in [0.2, 0.25) is 5.69 Å². The zero-order valence-corrected chi connectivity index (χ0v) is 18.7. The average Bonchev–Trinajstić information content (AvgIpc) is 2.84. The van der Waals surface area contributed by atoms with E-state index in [1.165, 1.54) is 24.3 Å². The molecule has 0 aliphatic rings. The van der Waals surface area contributed by atoms with Gasteiger partial charge in [0.25, 0.3) is 11.5 Å². The molecule has 0 unspecified atom stereocenters. The van der Waals surface area contributed by atoms with E-state index in [9.17, 15) is 18.8 Å². The molecule has 1 aromatic heterocycles. The van der Waals surface area contributed by atoms with Crippen LogP contribution in [0.2, 0.25) is 0 Å².